The third kappa shape index (κ3) is 7.50. The summed E-state index contributed by atoms with van der Waals surface area (Å²) in [4.78, 5) is 10.6. The molecule has 0 unspecified atom stereocenters. The first-order valence-electron chi connectivity index (χ1n) is 7.10. The van der Waals surface area contributed by atoms with Crippen molar-refractivity contribution in [2.45, 2.75) is 26.8 Å². The van der Waals surface area contributed by atoms with E-state index in [1.807, 2.05) is 31.3 Å². The lowest BCUT2D eigenvalue weighted by atomic mass is 10.1. The molecule has 1 heterocycles. The van der Waals surface area contributed by atoms with Crippen LogP contribution in [0.3, 0.4) is 0 Å². The fourth-order valence-corrected chi connectivity index (χ4v) is 1.85. The van der Waals surface area contributed by atoms with Gasteiger partial charge in [0.25, 0.3) is 0 Å². The minimum atomic E-state index is 0. The van der Waals surface area contributed by atoms with Gasteiger partial charge < -0.3 is 15.5 Å². The summed E-state index contributed by atoms with van der Waals surface area (Å²) in [5.74, 6) is 2.51. The van der Waals surface area contributed by atoms with Gasteiger partial charge in [-0.2, -0.15) is 0 Å². The Morgan fingerprint density at radius 1 is 1.33 bits per heavy atom. The maximum atomic E-state index is 4.39. The van der Waals surface area contributed by atoms with Gasteiger partial charge in [-0.3, -0.25) is 4.99 Å². The van der Waals surface area contributed by atoms with Gasteiger partial charge in [0.1, 0.15) is 5.82 Å². The number of anilines is 1. The lowest BCUT2D eigenvalue weighted by molar-refractivity contribution is 0.573. The summed E-state index contributed by atoms with van der Waals surface area (Å²) in [5, 5.41) is 6.65. The SMILES string of the molecule is CN=C(NCCC(C)C)NCc1cccnc1N(C)C.I. The molecule has 1 aromatic heterocycles. The average Bonchev–Trinajstić information content (AvgIpc) is 2.42. The molecule has 1 rings (SSSR count). The molecular formula is C15H28IN5. The Labute approximate surface area is 145 Å². The zero-order chi connectivity index (χ0) is 15.0. The van der Waals surface area contributed by atoms with Crippen molar-refractivity contribution in [2.75, 3.05) is 32.6 Å². The summed E-state index contributed by atoms with van der Waals surface area (Å²) in [6.45, 7) is 6.08. The molecule has 2 N–H and O–H groups in total. The molecule has 0 spiro atoms. The van der Waals surface area contributed by atoms with Gasteiger partial charge in [0.05, 0.1) is 0 Å². The first-order chi connectivity index (χ1) is 9.54. The van der Waals surface area contributed by atoms with E-state index in [1.165, 1.54) is 0 Å². The largest absolute Gasteiger partial charge is 0.362 e. The van der Waals surface area contributed by atoms with E-state index in [0.717, 1.165) is 30.3 Å². The van der Waals surface area contributed by atoms with Gasteiger partial charge in [0.15, 0.2) is 5.96 Å². The van der Waals surface area contributed by atoms with Crippen LogP contribution in [-0.2, 0) is 6.54 Å². The fraction of sp³-hybridized carbons (Fsp3) is 0.600. The highest BCUT2D eigenvalue weighted by molar-refractivity contribution is 14.0. The Morgan fingerprint density at radius 2 is 2.05 bits per heavy atom. The number of halogens is 1. The lowest BCUT2D eigenvalue weighted by Crippen LogP contribution is -2.37. The van der Waals surface area contributed by atoms with Crippen molar-refractivity contribution in [1.82, 2.24) is 15.6 Å². The number of nitrogens with one attached hydrogen (secondary N) is 2. The molecule has 1 aromatic rings. The third-order valence-electron chi connectivity index (χ3n) is 2.98. The molecular weight excluding hydrogens is 377 g/mol. The molecule has 0 aliphatic heterocycles. The summed E-state index contributed by atoms with van der Waals surface area (Å²) in [7, 11) is 5.80. The maximum Gasteiger partial charge on any atom is 0.191 e. The molecule has 6 heteroatoms. The summed E-state index contributed by atoms with van der Waals surface area (Å²) in [6, 6.07) is 4.04. The van der Waals surface area contributed by atoms with E-state index in [4.69, 9.17) is 0 Å². The number of hydrogen-bond donors (Lipinski definition) is 2. The summed E-state index contributed by atoms with van der Waals surface area (Å²) < 4.78 is 0. The Balaban J connectivity index is 0.00000400. The highest BCUT2D eigenvalue weighted by atomic mass is 127. The average molecular weight is 405 g/mol. The fourth-order valence-electron chi connectivity index (χ4n) is 1.85. The molecule has 0 aliphatic carbocycles. The Morgan fingerprint density at radius 3 is 2.62 bits per heavy atom. The molecule has 120 valence electrons. The Kier molecular flexibility index (Phi) is 10.1. The van der Waals surface area contributed by atoms with Crippen LogP contribution in [-0.4, -0.2) is 38.6 Å². The van der Waals surface area contributed by atoms with E-state index in [1.54, 1.807) is 7.05 Å². The molecule has 0 radical (unpaired) electrons. The normalized spacial score (nSPS) is 11.0. The molecule has 5 nitrogen and oxygen atoms in total. The molecule has 0 aromatic carbocycles. The van der Waals surface area contributed by atoms with Crippen molar-refractivity contribution in [3.63, 3.8) is 0 Å². The van der Waals surface area contributed by atoms with E-state index in [9.17, 15) is 0 Å². The minimum Gasteiger partial charge on any atom is -0.362 e. The van der Waals surface area contributed by atoms with Crippen LogP contribution >= 0.6 is 24.0 Å². The predicted octanol–water partition coefficient (Wildman–Crippen LogP) is 2.48. The van der Waals surface area contributed by atoms with Crippen LogP contribution in [0.2, 0.25) is 0 Å². The number of nitrogens with zero attached hydrogens (tertiary/aromatic N) is 3. The van der Waals surface area contributed by atoms with Crippen LogP contribution in [0.25, 0.3) is 0 Å². The quantitative estimate of drug-likeness (QED) is 0.434. The van der Waals surface area contributed by atoms with Crippen LogP contribution < -0.4 is 15.5 Å². The highest BCUT2D eigenvalue weighted by Gasteiger charge is 2.06. The first kappa shape index (κ1) is 19.9. The van der Waals surface area contributed by atoms with E-state index in [-0.39, 0.29) is 24.0 Å². The van der Waals surface area contributed by atoms with Crippen LogP contribution in [0, 0.1) is 5.92 Å². The molecule has 0 bridgehead atoms. The number of guanidine groups is 1. The molecule has 0 aliphatic rings. The van der Waals surface area contributed by atoms with Crippen LogP contribution in [0.5, 0.6) is 0 Å². The second-order valence-electron chi connectivity index (χ2n) is 5.42. The monoisotopic (exact) mass is 405 g/mol. The zero-order valence-corrected chi connectivity index (χ0v) is 16.0. The smallest absolute Gasteiger partial charge is 0.191 e. The first-order valence-corrected chi connectivity index (χ1v) is 7.10. The number of hydrogen-bond acceptors (Lipinski definition) is 3. The summed E-state index contributed by atoms with van der Waals surface area (Å²) >= 11 is 0. The Bertz CT molecular complexity index is 432. The lowest BCUT2D eigenvalue weighted by Gasteiger charge is -2.17. The second-order valence-corrected chi connectivity index (χ2v) is 5.42. The third-order valence-corrected chi connectivity index (χ3v) is 2.98. The van der Waals surface area contributed by atoms with E-state index in [0.29, 0.717) is 12.5 Å². The number of rotatable bonds is 6. The van der Waals surface area contributed by atoms with Gasteiger partial charge in [-0.25, -0.2) is 4.98 Å². The Hall–Kier alpha value is -1.05. The van der Waals surface area contributed by atoms with E-state index < -0.39 is 0 Å². The maximum absolute atomic E-state index is 4.39. The van der Waals surface area contributed by atoms with Gasteiger partial charge in [-0.1, -0.05) is 19.9 Å². The van der Waals surface area contributed by atoms with Crippen molar-refractivity contribution >= 4 is 35.8 Å². The second kappa shape index (κ2) is 10.6. The van der Waals surface area contributed by atoms with Crippen molar-refractivity contribution in [3.05, 3.63) is 23.9 Å². The van der Waals surface area contributed by atoms with Crippen molar-refractivity contribution in [3.8, 4) is 0 Å². The van der Waals surface area contributed by atoms with Gasteiger partial charge >= 0.3 is 0 Å². The van der Waals surface area contributed by atoms with Crippen molar-refractivity contribution in [2.24, 2.45) is 10.9 Å². The molecule has 0 saturated heterocycles. The molecule has 0 fully saturated rings. The number of aliphatic imine (C=N–C) groups is 1. The van der Waals surface area contributed by atoms with Crippen molar-refractivity contribution < 1.29 is 0 Å². The predicted molar refractivity (Wildman–Crippen MR) is 102 cm³/mol. The highest BCUT2D eigenvalue weighted by Crippen LogP contribution is 2.13. The van der Waals surface area contributed by atoms with Gasteiger partial charge in [-0.15, -0.1) is 24.0 Å². The minimum absolute atomic E-state index is 0. The van der Waals surface area contributed by atoms with Crippen LogP contribution in [0.15, 0.2) is 23.3 Å². The molecule has 0 saturated carbocycles. The van der Waals surface area contributed by atoms with Gasteiger partial charge in [0.2, 0.25) is 0 Å². The standard InChI is InChI=1S/C15H27N5.HI/c1-12(2)8-10-18-15(16-3)19-11-13-7-6-9-17-14(13)20(4)5;/h6-7,9,12H,8,10-11H2,1-5H3,(H2,16,18,19);1H. The summed E-state index contributed by atoms with van der Waals surface area (Å²) in [6.07, 6.45) is 2.95. The molecule has 0 atom stereocenters. The van der Waals surface area contributed by atoms with E-state index >= 15 is 0 Å². The molecule has 0 amide bonds. The number of aromatic nitrogens is 1. The van der Waals surface area contributed by atoms with E-state index in [2.05, 4.69) is 40.5 Å². The van der Waals surface area contributed by atoms with Gasteiger partial charge in [0, 0.05) is 46.0 Å². The van der Waals surface area contributed by atoms with Crippen LogP contribution in [0.4, 0.5) is 5.82 Å². The molecule has 21 heavy (non-hydrogen) atoms. The number of pyridine rings is 1. The van der Waals surface area contributed by atoms with Crippen molar-refractivity contribution in [1.29, 1.82) is 0 Å². The summed E-state index contributed by atoms with van der Waals surface area (Å²) in [5.41, 5.74) is 1.16. The van der Waals surface area contributed by atoms with Crippen LogP contribution in [0.1, 0.15) is 25.8 Å². The zero-order valence-electron chi connectivity index (χ0n) is 13.7. The van der Waals surface area contributed by atoms with Gasteiger partial charge in [-0.05, 0) is 18.4 Å². The topological polar surface area (TPSA) is 52.6 Å².